The van der Waals surface area contributed by atoms with Gasteiger partial charge >= 0.3 is 6.03 Å². The molecule has 0 saturated heterocycles. The number of nitrogens with one attached hydrogen (secondary N) is 4. The van der Waals surface area contributed by atoms with Gasteiger partial charge in [0.2, 0.25) is 0 Å². The molecule has 0 aliphatic rings. The molecule has 4 N–H and O–H groups in total. The van der Waals surface area contributed by atoms with E-state index in [4.69, 9.17) is 23.2 Å². The molecule has 0 fully saturated rings. The molecule has 4 aromatic rings. The van der Waals surface area contributed by atoms with E-state index in [0.29, 0.717) is 23.9 Å². The third kappa shape index (κ3) is 7.00. The highest BCUT2D eigenvalue weighted by molar-refractivity contribution is 7.92. The summed E-state index contributed by atoms with van der Waals surface area (Å²) in [5, 5.41) is 9.15. The monoisotopic (exact) mass is 636 g/mol. The molecule has 0 atom stereocenters. The Labute approximate surface area is 250 Å². The van der Waals surface area contributed by atoms with Gasteiger partial charge in [0.1, 0.15) is 4.21 Å². The quantitative estimate of drug-likeness (QED) is 0.216. The Morgan fingerprint density at radius 2 is 1.73 bits per heavy atom. The summed E-state index contributed by atoms with van der Waals surface area (Å²) >= 11 is 13.1. The van der Waals surface area contributed by atoms with Crippen molar-refractivity contribution in [2.24, 2.45) is 0 Å². The maximum Gasteiger partial charge on any atom is 0.333 e. The summed E-state index contributed by atoms with van der Waals surface area (Å²) in [5.74, 6) is -0.363. The summed E-state index contributed by atoms with van der Waals surface area (Å²) in [5.41, 5.74) is 1.02. The molecule has 3 amide bonds. The molecule has 41 heavy (non-hydrogen) atoms. The van der Waals surface area contributed by atoms with Crippen LogP contribution in [0.4, 0.5) is 16.2 Å². The Hall–Kier alpha value is -3.62. The molecule has 0 radical (unpaired) electrons. The van der Waals surface area contributed by atoms with Crippen molar-refractivity contribution in [1.29, 1.82) is 0 Å². The van der Waals surface area contributed by atoms with E-state index in [1.807, 2.05) is 23.7 Å². The lowest BCUT2D eigenvalue weighted by Gasteiger charge is -2.16. The number of aromatic nitrogens is 1. The van der Waals surface area contributed by atoms with Crippen molar-refractivity contribution >= 4 is 78.6 Å². The number of fused-ring (bicyclic) bond motifs is 1. The molecule has 0 aliphatic heterocycles. The lowest BCUT2D eigenvalue weighted by atomic mass is 10.1. The van der Waals surface area contributed by atoms with Crippen LogP contribution in [0.25, 0.3) is 16.5 Å². The van der Waals surface area contributed by atoms with Crippen LogP contribution in [0, 0.1) is 0 Å². The molecule has 2 aromatic carbocycles. The predicted octanol–water partition coefficient (Wildman–Crippen LogP) is 4.20. The number of sulfonamides is 1. The summed E-state index contributed by atoms with van der Waals surface area (Å²) < 4.78 is 28.1. The van der Waals surface area contributed by atoms with Crippen molar-refractivity contribution in [1.82, 2.24) is 19.5 Å². The smallest absolute Gasteiger partial charge is 0.333 e. The standard InChI is InChI=1S/C26H26Cl2N6O5S2/c1-29-15-4-6-17-18(12-15)19(24(35)30-10-11-33(2)3)14-34(25(17)36)21-7-5-16(13-20(21)27)31-26(37)32-41(38,39)23-9-8-22(28)40-23/h4-9,12-14,29H,10-11H2,1-3H3,(H,30,35)(H2,31,32,37). The number of anilines is 2. The average Bonchev–Trinajstić information content (AvgIpc) is 3.36. The van der Waals surface area contributed by atoms with Gasteiger partial charge in [0.15, 0.2) is 0 Å². The minimum absolute atomic E-state index is 0.0722. The highest BCUT2D eigenvalue weighted by Gasteiger charge is 2.21. The van der Waals surface area contributed by atoms with E-state index in [0.717, 1.165) is 17.0 Å². The number of nitrogens with zero attached hydrogens (tertiary/aromatic N) is 2. The van der Waals surface area contributed by atoms with E-state index >= 15 is 0 Å². The highest BCUT2D eigenvalue weighted by atomic mass is 35.5. The Morgan fingerprint density at radius 3 is 2.37 bits per heavy atom. The molecule has 0 unspecified atom stereocenters. The average molecular weight is 638 g/mol. The Morgan fingerprint density at radius 1 is 1.00 bits per heavy atom. The number of rotatable bonds is 9. The van der Waals surface area contributed by atoms with E-state index in [1.165, 1.54) is 41.1 Å². The van der Waals surface area contributed by atoms with Gasteiger partial charge < -0.3 is 20.9 Å². The number of likely N-dealkylation sites (N-methyl/N-ethyl adjacent to an activating group) is 1. The predicted molar refractivity (Wildman–Crippen MR) is 164 cm³/mol. The summed E-state index contributed by atoms with van der Waals surface area (Å²) in [6.07, 6.45) is 1.43. The lowest BCUT2D eigenvalue weighted by Crippen LogP contribution is -2.34. The second-order valence-corrected chi connectivity index (χ2v) is 13.1. The zero-order valence-electron chi connectivity index (χ0n) is 22.1. The molecule has 0 saturated carbocycles. The normalized spacial score (nSPS) is 11.5. The van der Waals surface area contributed by atoms with Crippen molar-refractivity contribution in [2.75, 3.05) is 44.9 Å². The van der Waals surface area contributed by atoms with Crippen molar-refractivity contribution in [2.45, 2.75) is 4.21 Å². The van der Waals surface area contributed by atoms with Crippen LogP contribution < -0.4 is 26.2 Å². The lowest BCUT2D eigenvalue weighted by molar-refractivity contribution is 0.0952. The minimum Gasteiger partial charge on any atom is -0.388 e. The number of urea groups is 1. The van der Waals surface area contributed by atoms with E-state index in [1.54, 1.807) is 25.2 Å². The van der Waals surface area contributed by atoms with Crippen LogP contribution in [0.5, 0.6) is 0 Å². The molecule has 2 heterocycles. The molecule has 0 aliphatic carbocycles. The van der Waals surface area contributed by atoms with Crippen LogP contribution in [0.3, 0.4) is 0 Å². The van der Waals surface area contributed by atoms with Crippen LogP contribution in [0.15, 0.2) is 63.7 Å². The molecule has 15 heteroatoms. The third-order valence-corrected chi connectivity index (χ3v) is 9.26. The van der Waals surface area contributed by atoms with E-state index < -0.39 is 21.6 Å². The number of halogens is 2. The van der Waals surface area contributed by atoms with Gasteiger partial charge in [0.05, 0.1) is 20.6 Å². The maximum atomic E-state index is 13.5. The van der Waals surface area contributed by atoms with Gasteiger partial charge in [-0.05, 0) is 62.6 Å². The van der Waals surface area contributed by atoms with Gasteiger partial charge in [-0.2, -0.15) is 0 Å². The van der Waals surface area contributed by atoms with Gasteiger partial charge in [-0.25, -0.2) is 17.9 Å². The third-order valence-electron chi connectivity index (χ3n) is 5.90. The van der Waals surface area contributed by atoms with Crippen LogP contribution in [-0.4, -0.2) is 64.1 Å². The van der Waals surface area contributed by atoms with Gasteiger partial charge in [-0.1, -0.05) is 23.2 Å². The first-order valence-corrected chi connectivity index (χ1v) is 15.1. The van der Waals surface area contributed by atoms with E-state index in [-0.39, 0.29) is 36.4 Å². The molecule has 0 spiro atoms. The minimum atomic E-state index is -4.13. The van der Waals surface area contributed by atoms with Crippen molar-refractivity contribution in [3.63, 3.8) is 0 Å². The van der Waals surface area contributed by atoms with Crippen molar-refractivity contribution in [3.05, 3.63) is 80.0 Å². The molecule has 4 rings (SSSR count). The number of amides is 3. The van der Waals surface area contributed by atoms with E-state index in [2.05, 4.69) is 16.0 Å². The van der Waals surface area contributed by atoms with Gasteiger partial charge in [0.25, 0.3) is 21.5 Å². The number of thiophene rings is 1. The second-order valence-electron chi connectivity index (χ2n) is 9.07. The largest absolute Gasteiger partial charge is 0.388 e. The maximum absolute atomic E-state index is 13.5. The SMILES string of the molecule is CNc1ccc2c(=O)n(-c3ccc(NC(=O)NS(=O)(=O)c4ccc(Cl)s4)cc3Cl)cc(C(=O)NCCN(C)C)c2c1. The fourth-order valence-electron chi connectivity index (χ4n) is 3.90. The zero-order valence-corrected chi connectivity index (χ0v) is 25.3. The molecule has 0 bridgehead atoms. The van der Waals surface area contributed by atoms with Crippen LogP contribution in [0.1, 0.15) is 10.4 Å². The number of hydrogen-bond donors (Lipinski definition) is 4. The van der Waals surface area contributed by atoms with Crippen molar-refractivity contribution < 1.29 is 18.0 Å². The first-order valence-electron chi connectivity index (χ1n) is 12.1. The Kier molecular flexibility index (Phi) is 9.24. The number of pyridine rings is 1. The van der Waals surface area contributed by atoms with Crippen LogP contribution in [-0.2, 0) is 10.0 Å². The molecule has 2 aromatic heterocycles. The number of carbonyl (C=O) groups is 2. The number of carbonyl (C=O) groups excluding carboxylic acids is 2. The second kappa shape index (κ2) is 12.5. The van der Waals surface area contributed by atoms with E-state index in [9.17, 15) is 22.8 Å². The Balaban J connectivity index is 1.66. The first kappa shape index (κ1) is 30.3. The zero-order chi connectivity index (χ0) is 29.9. The highest BCUT2D eigenvalue weighted by Crippen LogP contribution is 2.28. The molecular weight excluding hydrogens is 611 g/mol. The summed E-state index contributed by atoms with van der Waals surface area (Å²) in [6.45, 7) is 1.03. The number of hydrogen-bond acceptors (Lipinski definition) is 8. The molecular formula is C26H26Cl2N6O5S2. The fourth-order valence-corrected chi connectivity index (χ4v) is 6.56. The topological polar surface area (TPSA) is 142 Å². The van der Waals surface area contributed by atoms with Gasteiger partial charge in [-0.3, -0.25) is 14.2 Å². The summed E-state index contributed by atoms with van der Waals surface area (Å²) in [7, 11) is 1.40. The first-order chi connectivity index (χ1) is 19.4. The summed E-state index contributed by atoms with van der Waals surface area (Å²) in [4.78, 5) is 41.0. The Bertz CT molecular complexity index is 1800. The number of benzene rings is 2. The van der Waals surface area contributed by atoms with Gasteiger partial charge in [-0.15, -0.1) is 11.3 Å². The van der Waals surface area contributed by atoms with Crippen molar-refractivity contribution in [3.8, 4) is 5.69 Å². The van der Waals surface area contributed by atoms with Crippen LogP contribution in [0.2, 0.25) is 9.36 Å². The fraction of sp³-hybridized carbons (Fsp3) is 0.192. The van der Waals surface area contributed by atoms with Crippen LogP contribution >= 0.6 is 34.5 Å². The van der Waals surface area contributed by atoms with Gasteiger partial charge in [0, 0.05) is 48.5 Å². The molecule has 216 valence electrons. The summed E-state index contributed by atoms with van der Waals surface area (Å²) in [6, 6.07) is 11.1. The molecule has 11 nitrogen and oxygen atoms in total.